The highest BCUT2D eigenvalue weighted by Gasteiger charge is 2.44. The molecular weight excluding hydrogens is 310 g/mol. The molecular formula is C17H22N3O4+. The zero-order chi connectivity index (χ0) is 17.1. The van der Waals surface area contributed by atoms with E-state index < -0.39 is 6.04 Å². The molecule has 24 heavy (non-hydrogen) atoms. The topological polar surface area (TPSA) is 92.3 Å². The first-order valence-corrected chi connectivity index (χ1v) is 8.32. The molecule has 0 radical (unpaired) electrons. The molecule has 2 heterocycles. The van der Waals surface area contributed by atoms with Gasteiger partial charge in [0.1, 0.15) is 5.75 Å². The molecule has 0 unspecified atom stereocenters. The van der Waals surface area contributed by atoms with E-state index in [0.717, 1.165) is 12.8 Å². The molecule has 0 bridgehead atoms. The summed E-state index contributed by atoms with van der Waals surface area (Å²) >= 11 is 0. The zero-order valence-electron chi connectivity index (χ0n) is 13.7. The van der Waals surface area contributed by atoms with Gasteiger partial charge in [-0.3, -0.25) is 14.4 Å². The Bertz CT molecular complexity index is 644. The van der Waals surface area contributed by atoms with E-state index in [2.05, 4.69) is 5.32 Å². The summed E-state index contributed by atoms with van der Waals surface area (Å²) in [7, 11) is 0. The Hall–Kier alpha value is -2.41. The molecule has 1 aromatic carbocycles. The van der Waals surface area contributed by atoms with Crippen molar-refractivity contribution in [2.24, 2.45) is 0 Å². The number of hydrogen-bond acceptors (Lipinski definition) is 4. The molecule has 128 valence electrons. The number of rotatable bonds is 5. The number of ether oxygens (including phenoxy) is 1. The van der Waals surface area contributed by atoms with Crippen LogP contribution in [0, 0.1) is 0 Å². The predicted molar refractivity (Wildman–Crippen MR) is 86.5 cm³/mol. The van der Waals surface area contributed by atoms with Gasteiger partial charge in [0.15, 0.2) is 12.1 Å². The second kappa shape index (κ2) is 7.00. The molecule has 1 aromatic rings. The van der Waals surface area contributed by atoms with Crippen LogP contribution in [0.15, 0.2) is 24.3 Å². The highest BCUT2D eigenvalue weighted by molar-refractivity contribution is 6.21. The molecule has 2 aliphatic rings. The molecule has 0 spiro atoms. The van der Waals surface area contributed by atoms with Crippen LogP contribution in [0.1, 0.15) is 26.2 Å². The Kier molecular flexibility index (Phi) is 4.80. The van der Waals surface area contributed by atoms with E-state index in [0.29, 0.717) is 24.6 Å². The number of nitrogens with two attached hydrogens (primary N) is 1. The highest BCUT2D eigenvalue weighted by Crippen LogP contribution is 2.24. The van der Waals surface area contributed by atoms with Crippen molar-refractivity contribution in [2.45, 2.75) is 38.3 Å². The number of amides is 3. The molecule has 2 aliphatic heterocycles. The van der Waals surface area contributed by atoms with Crippen LogP contribution in [0.5, 0.6) is 5.75 Å². The number of piperidine rings is 1. The number of hydrogen-bond donors (Lipinski definition) is 2. The summed E-state index contributed by atoms with van der Waals surface area (Å²) in [5.41, 5.74) is 0.539. The maximum absolute atomic E-state index is 12.6. The molecule has 2 saturated heterocycles. The first kappa shape index (κ1) is 16.4. The van der Waals surface area contributed by atoms with Gasteiger partial charge in [0.2, 0.25) is 5.91 Å². The minimum atomic E-state index is -0.530. The van der Waals surface area contributed by atoms with E-state index in [9.17, 15) is 14.4 Å². The fourth-order valence-corrected chi connectivity index (χ4v) is 3.19. The monoisotopic (exact) mass is 332 g/mol. The van der Waals surface area contributed by atoms with Gasteiger partial charge in [-0.1, -0.05) is 0 Å². The maximum Gasteiger partial charge on any atom is 0.292 e. The summed E-state index contributed by atoms with van der Waals surface area (Å²) in [6.07, 6.45) is 1.74. The number of quaternary nitrogens is 1. The van der Waals surface area contributed by atoms with Gasteiger partial charge < -0.3 is 15.4 Å². The SMILES string of the molecule is CCOc1ccc(N2C(=O)C[C@@H]([NH2+][C@H]3CCCNC3=O)C2=O)cc1. The van der Waals surface area contributed by atoms with Crippen LogP contribution in [0.25, 0.3) is 0 Å². The average molecular weight is 332 g/mol. The summed E-state index contributed by atoms with van der Waals surface area (Å²) in [6, 6.07) is 6.07. The Labute approximate surface area is 140 Å². The van der Waals surface area contributed by atoms with Crippen molar-refractivity contribution in [1.82, 2.24) is 5.32 Å². The van der Waals surface area contributed by atoms with Crippen LogP contribution in [-0.2, 0) is 14.4 Å². The Morgan fingerprint density at radius 2 is 1.96 bits per heavy atom. The molecule has 0 aromatic heterocycles. The number of benzene rings is 1. The van der Waals surface area contributed by atoms with Crippen LogP contribution in [0.2, 0.25) is 0 Å². The van der Waals surface area contributed by atoms with Crippen LogP contribution in [0.3, 0.4) is 0 Å². The lowest BCUT2D eigenvalue weighted by Crippen LogP contribution is -2.98. The van der Waals surface area contributed by atoms with Crippen LogP contribution < -0.4 is 20.3 Å². The minimum Gasteiger partial charge on any atom is -0.494 e. The van der Waals surface area contributed by atoms with Crippen LogP contribution in [0.4, 0.5) is 5.69 Å². The Morgan fingerprint density at radius 1 is 1.21 bits per heavy atom. The lowest BCUT2D eigenvalue weighted by molar-refractivity contribution is -0.696. The fraction of sp³-hybridized carbons (Fsp3) is 0.471. The van der Waals surface area contributed by atoms with E-state index >= 15 is 0 Å². The van der Waals surface area contributed by atoms with Crippen LogP contribution in [-0.4, -0.2) is 43.0 Å². The molecule has 2 atom stereocenters. The molecule has 3 rings (SSSR count). The van der Waals surface area contributed by atoms with Gasteiger partial charge in [0.25, 0.3) is 11.8 Å². The molecule has 2 fully saturated rings. The molecule has 0 saturated carbocycles. The van der Waals surface area contributed by atoms with E-state index in [1.54, 1.807) is 29.6 Å². The lowest BCUT2D eigenvalue weighted by atomic mass is 10.1. The Balaban J connectivity index is 1.70. The largest absolute Gasteiger partial charge is 0.494 e. The van der Waals surface area contributed by atoms with E-state index in [1.807, 2.05) is 6.92 Å². The minimum absolute atomic E-state index is 0.0546. The normalized spacial score (nSPS) is 24.2. The smallest absolute Gasteiger partial charge is 0.292 e. The lowest BCUT2D eigenvalue weighted by Gasteiger charge is -2.22. The van der Waals surface area contributed by atoms with Gasteiger partial charge in [0.05, 0.1) is 18.7 Å². The number of nitrogens with one attached hydrogen (secondary N) is 1. The van der Waals surface area contributed by atoms with Gasteiger partial charge in [-0.05, 0) is 37.6 Å². The summed E-state index contributed by atoms with van der Waals surface area (Å²) in [6.45, 7) is 3.13. The number of carbonyl (C=O) groups is 3. The van der Waals surface area contributed by atoms with Crippen molar-refractivity contribution < 1.29 is 24.4 Å². The third-order valence-electron chi connectivity index (χ3n) is 4.38. The first-order valence-electron chi connectivity index (χ1n) is 8.32. The van der Waals surface area contributed by atoms with Gasteiger partial charge >= 0.3 is 0 Å². The molecule has 7 heteroatoms. The fourth-order valence-electron chi connectivity index (χ4n) is 3.19. The average Bonchev–Trinajstić information content (AvgIpc) is 2.85. The molecule has 3 N–H and O–H groups in total. The second-order valence-corrected chi connectivity index (χ2v) is 6.04. The highest BCUT2D eigenvalue weighted by atomic mass is 16.5. The van der Waals surface area contributed by atoms with Crippen molar-refractivity contribution in [2.75, 3.05) is 18.1 Å². The summed E-state index contributed by atoms with van der Waals surface area (Å²) in [5.74, 6) is 0.146. The number of carbonyl (C=O) groups excluding carboxylic acids is 3. The first-order chi connectivity index (χ1) is 11.6. The van der Waals surface area contributed by atoms with E-state index in [-0.39, 0.29) is 30.2 Å². The Morgan fingerprint density at radius 3 is 2.62 bits per heavy atom. The summed E-state index contributed by atoms with van der Waals surface area (Å²) in [4.78, 5) is 38.0. The maximum atomic E-state index is 12.6. The summed E-state index contributed by atoms with van der Waals surface area (Å²) in [5, 5.41) is 4.54. The van der Waals surface area contributed by atoms with E-state index in [4.69, 9.17) is 4.74 Å². The van der Waals surface area contributed by atoms with Gasteiger partial charge in [-0.15, -0.1) is 0 Å². The number of nitrogens with zero attached hydrogens (tertiary/aromatic N) is 1. The van der Waals surface area contributed by atoms with E-state index in [1.165, 1.54) is 4.90 Å². The van der Waals surface area contributed by atoms with Crippen molar-refractivity contribution >= 4 is 23.4 Å². The second-order valence-electron chi connectivity index (χ2n) is 6.04. The molecule has 0 aliphatic carbocycles. The van der Waals surface area contributed by atoms with Crippen molar-refractivity contribution in [3.63, 3.8) is 0 Å². The quantitative estimate of drug-likeness (QED) is 0.715. The van der Waals surface area contributed by atoms with Crippen molar-refractivity contribution in [3.8, 4) is 5.75 Å². The van der Waals surface area contributed by atoms with Crippen molar-refractivity contribution in [1.29, 1.82) is 0 Å². The molecule has 7 nitrogen and oxygen atoms in total. The van der Waals surface area contributed by atoms with Gasteiger partial charge in [-0.25, -0.2) is 4.90 Å². The van der Waals surface area contributed by atoms with Gasteiger partial charge in [-0.2, -0.15) is 0 Å². The van der Waals surface area contributed by atoms with Gasteiger partial charge in [0, 0.05) is 13.0 Å². The zero-order valence-corrected chi connectivity index (χ0v) is 13.7. The summed E-state index contributed by atoms with van der Waals surface area (Å²) < 4.78 is 5.37. The molecule has 3 amide bonds. The predicted octanol–water partition coefficient (Wildman–Crippen LogP) is -0.441. The van der Waals surface area contributed by atoms with Crippen LogP contribution >= 0.6 is 0 Å². The number of imide groups is 1. The number of anilines is 1. The van der Waals surface area contributed by atoms with Crippen molar-refractivity contribution in [3.05, 3.63) is 24.3 Å². The third kappa shape index (κ3) is 3.26. The third-order valence-corrected chi connectivity index (χ3v) is 4.38. The standard InChI is InChI=1S/C17H21N3O4/c1-2-24-12-7-5-11(6-8-12)20-15(21)10-14(17(20)23)19-13-4-3-9-18-16(13)22/h5-8,13-14,19H,2-4,9-10H2,1H3,(H,18,22)/p+1/t13-,14+/m0/s1.